The van der Waals surface area contributed by atoms with E-state index in [1.165, 1.54) is 11.1 Å². The fraction of sp³-hybridized carbons (Fsp3) is 0.318. The highest BCUT2D eigenvalue weighted by Gasteiger charge is 2.18. The Bertz CT molecular complexity index is 783. The summed E-state index contributed by atoms with van der Waals surface area (Å²) < 4.78 is 5.43. The van der Waals surface area contributed by atoms with E-state index in [1.807, 2.05) is 18.2 Å². The summed E-state index contributed by atoms with van der Waals surface area (Å²) in [6.07, 6.45) is 4.42. The average Bonchev–Trinajstić information content (AvgIpc) is 2.69. The largest absolute Gasteiger partial charge is 0.495 e. The maximum absolute atomic E-state index is 5.62. The summed E-state index contributed by atoms with van der Waals surface area (Å²) in [7, 11) is 1.68. The highest BCUT2D eigenvalue weighted by molar-refractivity contribution is 7.80. The van der Waals surface area contributed by atoms with Crippen molar-refractivity contribution in [1.29, 1.82) is 0 Å². The summed E-state index contributed by atoms with van der Waals surface area (Å²) >= 11 is 5.62. The topological polar surface area (TPSA) is 27.7 Å². The number of nitrogens with zero attached hydrogens (tertiary/aromatic N) is 2. The lowest BCUT2D eigenvalue weighted by Crippen LogP contribution is -2.49. The summed E-state index contributed by atoms with van der Waals surface area (Å²) in [6, 6.07) is 16.5. The third-order valence-corrected chi connectivity index (χ3v) is 5.09. The zero-order valence-electron chi connectivity index (χ0n) is 16.0. The number of rotatable bonds is 5. The summed E-state index contributed by atoms with van der Waals surface area (Å²) in [5.41, 5.74) is 3.35. The Balaban J connectivity index is 1.48. The molecule has 5 heteroatoms. The summed E-state index contributed by atoms with van der Waals surface area (Å²) in [4.78, 5) is 4.68. The number of benzene rings is 2. The van der Waals surface area contributed by atoms with Gasteiger partial charge in [-0.3, -0.25) is 4.90 Å². The smallest absolute Gasteiger partial charge is 0.173 e. The second-order valence-corrected chi connectivity index (χ2v) is 7.12. The van der Waals surface area contributed by atoms with Crippen LogP contribution in [0.25, 0.3) is 6.08 Å². The van der Waals surface area contributed by atoms with Crippen LogP contribution in [0.2, 0.25) is 0 Å². The van der Waals surface area contributed by atoms with Crippen molar-refractivity contribution in [2.45, 2.75) is 6.92 Å². The molecule has 0 unspecified atom stereocenters. The lowest BCUT2D eigenvalue weighted by Gasteiger charge is -2.35. The van der Waals surface area contributed by atoms with Gasteiger partial charge in [0.25, 0.3) is 0 Å². The lowest BCUT2D eigenvalue weighted by atomic mass is 10.2. The van der Waals surface area contributed by atoms with Gasteiger partial charge < -0.3 is 15.0 Å². The van der Waals surface area contributed by atoms with Crippen LogP contribution in [0.3, 0.4) is 0 Å². The van der Waals surface area contributed by atoms with Gasteiger partial charge >= 0.3 is 0 Å². The first-order chi connectivity index (χ1) is 13.2. The molecule has 1 aliphatic heterocycles. The summed E-state index contributed by atoms with van der Waals surface area (Å²) in [6.45, 7) is 6.90. The third kappa shape index (κ3) is 5.55. The third-order valence-electron chi connectivity index (χ3n) is 4.73. The van der Waals surface area contributed by atoms with Crippen molar-refractivity contribution in [3.05, 3.63) is 65.7 Å². The second-order valence-electron chi connectivity index (χ2n) is 6.73. The van der Waals surface area contributed by atoms with Crippen LogP contribution >= 0.6 is 12.2 Å². The van der Waals surface area contributed by atoms with Gasteiger partial charge in [-0.15, -0.1) is 0 Å². The molecule has 3 rings (SSSR count). The van der Waals surface area contributed by atoms with Crippen LogP contribution in [0.4, 0.5) is 5.69 Å². The molecule has 2 aromatic rings. The quantitative estimate of drug-likeness (QED) is 0.790. The number of piperazine rings is 1. The van der Waals surface area contributed by atoms with Crippen molar-refractivity contribution >= 4 is 29.1 Å². The van der Waals surface area contributed by atoms with Crippen LogP contribution in [0.15, 0.2) is 54.6 Å². The molecule has 1 N–H and O–H groups in total. The molecule has 0 bridgehead atoms. The highest BCUT2D eigenvalue weighted by atomic mass is 32.1. The van der Waals surface area contributed by atoms with Gasteiger partial charge in [0.05, 0.1) is 12.8 Å². The van der Waals surface area contributed by atoms with Gasteiger partial charge in [-0.25, -0.2) is 0 Å². The fourth-order valence-corrected chi connectivity index (χ4v) is 3.44. The van der Waals surface area contributed by atoms with Gasteiger partial charge in [0.15, 0.2) is 5.11 Å². The van der Waals surface area contributed by atoms with E-state index >= 15 is 0 Å². The molecule has 142 valence electrons. The predicted molar refractivity (Wildman–Crippen MR) is 117 cm³/mol. The minimum atomic E-state index is 0.762. The van der Waals surface area contributed by atoms with Gasteiger partial charge in [-0.2, -0.15) is 0 Å². The van der Waals surface area contributed by atoms with Gasteiger partial charge in [0.1, 0.15) is 5.75 Å². The zero-order valence-corrected chi connectivity index (χ0v) is 16.8. The van der Waals surface area contributed by atoms with Crippen LogP contribution in [0, 0.1) is 6.92 Å². The molecular formula is C22H27N3OS. The van der Waals surface area contributed by atoms with Crippen LogP contribution < -0.4 is 10.1 Å². The molecule has 1 fully saturated rings. The molecule has 0 saturated carbocycles. The summed E-state index contributed by atoms with van der Waals surface area (Å²) in [5, 5.41) is 4.11. The molecule has 0 amide bonds. The Kier molecular flexibility index (Phi) is 6.85. The maximum Gasteiger partial charge on any atom is 0.173 e. The first-order valence-electron chi connectivity index (χ1n) is 9.30. The van der Waals surface area contributed by atoms with E-state index in [9.17, 15) is 0 Å². The molecule has 4 nitrogen and oxygen atoms in total. The van der Waals surface area contributed by atoms with Gasteiger partial charge in [0.2, 0.25) is 0 Å². The van der Waals surface area contributed by atoms with Crippen LogP contribution in [0.5, 0.6) is 5.75 Å². The Hall–Kier alpha value is -2.37. The van der Waals surface area contributed by atoms with Crippen molar-refractivity contribution in [3.63, 3.8) is 0 Å². The Morgan fingerprint density at radius 3 is 2.56 bits per heavy atom. The first-order valence-corrected chi connectivity index (χ1v) is 9.71. The Labute approximate surface area is 167 Å². The number of hydrogen-bond donors (Lipinski definition) is 1. The van der Waals surface area contributed by atoms with Crippen molar-refractivity contribution in [3.8, 4) is 5.75 Å². The maximum atomic E-state index is 5.62. The first kappa shape index (κ1) is 19.4. The molecule has 0 aliphatic carbocycles. The lowest BCUT2D eigenvalue weighted by molar-refractivity contribution is 0.199. The molecular weight excluding hydrogens is 354 g/mol. The molecule has 0 aromatic heterocycles. The predicted octanol–water partition coefficient (Wildman–Crippen LogP) is 4.03. The number of anilines is 1. The minimum Gasteiger partial charge on any atom is -0.495 e. The molecule has 1 aliphatic rings. The van der Waals surface area contributed by atoms with Crippen molar-refractivity contribution in [2.24, 2.45) is 0 Å². The molecule has 1 heterocycles. The van der Waals surface area contributed by atoms with E-state index in [2.05, 4.69) is 64.5 Å². The zero-order chi connectivity index (χ0) is 19.1. The Morgan fingerprint density at radius 1 is 1.11 bits per heavy atom. The Morgan fingerprint density at radius 2 is 1.85 bits per heavy atom. The van der Waals surface area contributed by atoms with Crippen molar-refractivity contribution in [2.75, 3.05) is 45.2 Å². The van der Waals surface area contributed by atoms with E-state index in [4.69, 9.17) is 17.0 Å². The molecule has 0 spiro atoms. The van der Waals surface area contributed by atoms with Crippen LogP contribution in [-0.2, 0) is 0 Å². The molecule has 0 atom stereocenters. The van der Waals surface area contributed by atoms with E-state index in [0.29, 0.717) is 0 Å². The van der Waals surface area contributed by atoms with E-state index in [1.54, 1.807) is 7.11 Å². The number of methoxy groups -OCH3 is 1. The van der Waals surface area contributed by atoms with Gasteiger partial charge in [0, 0.05) is 32.7 Å². The number of hydrogen-bond acceptors (Lipinski definition) is 3. The van der Waals surface area contributed by atoms with E-state index < -0.39 is 0 Å². The number of ether oxygens (including phenoxy) is 1. The molecule has 2 aromatic carbocycles. The number of nitrogens with one attached hydrogen (secondary N) is 1. The molecule has 27 heavy (non-hydrogen) atoms. The van der Waals surface area contributed by atoms with Gasteiger partial charge in [-0.1, -0.05) is 48.6 Å². The van der Waals surface area contributed by atoms with Crippen molar-refractivity contribution in [1.82, 2.24) is 9.80 Å². The molecule has 0 radical (unpaired) electrons. The summed E-state index contributed by atoms with van der Waals surface area (Å²) in [5.74, 6) is 0.813. The monoisotopic (exact) mass is 381 g/mol. The fourth-order valence-electron chi connectivity index (χ4n) is 3.15. The van der Waals surface area contributed by atoms with Crippen molar-refractivity contribution < 1.29 is 4.74 Å². The highest BCUT2D eigenvalue weighted by Crippen LogP contribution is 2.25. The van der Waals surface area contributed by atoms with Gasteiger partial charge in [-0.05, 0) is 42.4 Å². The van der Waals surface area contributed by atoms with E-state index in [0.717, 1.165) is 49.3 Å². The van der Waals surface area contributed by atoms with E-state index in [-0.39, 0.29) is 0 Å². The number of thiocarbonyl (C=S) groups is 1. The SMILES string of the molecule is COc1ccc(C)cc1NC(=S)N1CCN(C/C=C/c2ccccc2)CC1. The van der Waals surface area contributed by atoms with Crippen LogP contribution in [-0.4, -0.2) is 54.7 Å². The minimum absolute atomic E-state index is 0.762. The average molecular weight is 382 g/mol. The standard InChI is InChI=1S/C22H27N3OS/c1-18-10-11-21(26-2)20(17-18)23-22(27)25-15-13-24(14-16-25)12-6-9-19-7-4-3-5-8-19/h3-11,17H,12-16H2,1-2H3,(H,23,27)/b9-6+. The molecule has 1 saturated heterocycles. The van der Waals surface area contributed by atoms with Crippen LogP contribution in [0.1, 0.15) is 11.1 Å². The second kappa shape index (κ2) is 9.53. The normalized spacial score (nSPS) is 15.1. The number of aryl methyl sites for hydroxylation is 1.